The minimum Gasteiger partial charge on any atom is -0.492 e. The van der Waals surface area contributed by atoms with E-state index in [9.17, 15) is 4.79 Å². The number of aromatic nitrogens is 1. The summed E-state index contributed by atoms with van der Waals surface area (Å²) in [4.78, 5) is 17.0. The highest BCUT2D eigenvalue weighted by Crippen LogP contribution is 2.51. The molecule has 1 fully saturated rings. The molecule has 1 heterocycles. The largest absolute Gasteiger partial charge is 0.492 e. The molecule has 0 bridgehead atoms. The molecule has 0 spiro atoms. The van der Waals surface area contributed by atoms with Gasteiger partial charge in [0, 0.05) is 29.9 Å². The molecule has 5 nitrogen and oxygen atoms in total. The molecule has 2 aromatic rings. The molecule has 1 aliphatic carbocycles. The van der Waals surface area contributed by atoms with Crippen LogP contribution in [0.5, 0.6) is 17.2 Å². The number of ether oxygens (including phenoxy) is 3. The number of nitrogens with zero attached hydrogens (tertiary/aromatic N) is 1. The lowest BCUT2D eigenvalue weighted by Gasteiger charge is -2.19. The topological polar surface area (TPSA) is 57.7 Å². The molecule has 0 atom stereocenters. The van der Waals surface area contributed by atoms with Gasteiger partial charge in [0.25, 0.3) is 0 Å². The molecule has 3 rings (SSSR count). The van der Waals surface area contributed by atoms with E-state index in [2.05, 4.69) is 4.98 Å². The van der Waals surface area contributed by atoms with Crippen LogP contribution in [0.2, 0.25) is 10.0 Å². The fourth-order valence-electron chi connectivity index (χ4n) is 3.01. The highest BCUT2D eigenvalue weighted by molar-refractivity contribution is 6.36. The number of benzene rings is 1. The van der Waals surface area contributed by atoms with Crippen molar-refractivity contribution in [3.63, 3.8) is 0 Å². The molecule has 0 aliphatic heterocycles. The smallest absolute Gasteiger partial charge is 0.204 e. The summed E-state index contributed by atoms with van der Waals surface area (Å²) in [5.41, 5.74) is 1.93. The third kappa shape index (κ3) is 3.46. The van der Waals surface area contributed by atoms with E-state index in [1.165, 1.54) is 26.6 Å². The predicted molar refractivity (Wildman–Crippen MR) is 100 cm³/mol. The number of rotatable bonds is 7. The van der Waals surface area contributed by atoms with Crippen LogP contribution in [0.4, 0.5) is 0 Å². The molecule has 26 heavy (non-hydrogen) atoms. The second kappa shape index (κ2) is 7.72. The van der Waals surface area contributed by atoms with Gasteiger partial charge in [-0.15, -0.1) is 0 Å². The van der Waals surface area contributed by atoms with Gasteiger partial charge in [-0.25, -0.2) is 0 Å². The van der Waals surface area contributed by atoms with Crippen LogP contribution in [0.1, 0.15) is 40.2 Å². The Balaban J connectivity index is 2.08. The summed E-state index contributed by atoms with van der Waals surface area (Å²) in [6, 6.07) is 1.84. The van der Waals surface area contributed by atoms with Crippen molar-refractivity contribution >= 4 is 29.0 Å². The molecule has 0 saturated heterocycles. The maximum atomic E-state index is 13.0. The van der Waals surface area contributed by atoms with Gasteiger partial charge < -0.3 is 14.2 Å². The molecule has 0 unspecified atom stereocenters. The zero-order valence-corrected chi connectivity index (χ0v) is 16.3. The fourth-order valence-corrected chi connectivity index (χ4v) is 3.51. The average Bonchev–Trinajstić information content (AvgIpc) is 3.47. The van der Waals surface area contributed by atoms with E-state index >= 15 is 0 Å². The number of pyridine rings is 1. The van der Waals surface area contributed by atoms with Crippen molar-refractivity contribution in [1.29, 1.82) is 0 Å². The van der Waals surface area contributed by atoms with E-state index in [1.807, 2.05) is 6.07 Å². The molecule has 0 amide bonds. The van der Waals surface area contributed by atoms with Gasteiger partial charge in [-0.3, -0.25) is 9.78 Å². The van der Waals surface area contributed by atoms with Gasteiger partial charge in [-0.1, -0.05) is 23.2 Å². The molecule has 1 aromatic heterocycles. The van der Waals surface area contributed by atoms with Crippen molar-refractivity contribution in [3.8, 4) is 17.2 Å². The van der Waals surface area contributed by atoms with E-state index < -0.39 is 0 Å². The fraction of sp³-hybridized carbons (Fsp3) is 0.368. The minimum absolute atomic E-state index is 0.0378. The number of methoxy groups -OCH3 is 3. The first-order valence-electron chi connectivity index (χ1n) is 8.15. The second-order valence-electron chi connectivity index (χ2n) is 6.07. The van der Waals surface area contributed by atoms with Crippen molar-refractivity contribution in [2.45, 2.75) is 25.2 Å². The average molecular weight is 396 g/mol. The SMILES string of the molecule is COc1c(C(=O)Cc2c(Cl)cncc2Cl)cc(C2CC2)c(OC)c1OC. The lowest BCUT2D eigenvalue weighted by molar-refractivity contribution is 0.0989. The molecule has 1 saturated carbocycles. The Labute approximate surface area is 162 Å². The molecule has 1 aliphatic rings. The van der Waals surface area contributed by atoms with Crippen molar-refractivity contribution < 1.29 is 19.0 Å². The lowest BCUT2D eigenvalue weighted by atomic mass is 9.97. The summed E-state index contributed by atoms with van der Waals surface area (Å²) in [6.45, 7) is 0. The summed E-state index contributed by atoms with van der Waals surface area (Å²) in [5, 5.41) is 0.709. The monoisotopic (exact) mass is 395 g/mol. The zero-order valence-electron chi connectivity index (χ0n) is 14.8. The van der Waals surface area contributed by atoms with Crippen LogP contribution in [0.25, 0.3) is 0 Å². The Morgan fingerprint density at radius 2 is 1.62 bits per heavy atom. The van der Waals surface area contributed by atoms with Crippen LogP contribution in [-0.4, -0.2) is 32.1 Å². The summed E-state index contributed by atoms with van der Waals surface area (Å²) in [5.74, 6) is 1.59. The summed E-state index contributed by atoms with van der Waals surface area (Å²) in [6.07, 6.45) is 5.09. The van der Waals surface area contributed by atoms with E-state index in [4.69, 9.17) is 37.4 Å². The Morgan fingerprint density at radius 3 is 2.12 bits per heavy atom. The number of hydrogen-bond donors (Lipinski definition) is 0. The number of hydrogen-bond acceptors (Lipinski definition) is 5. The molecule has 7 heteroatoms. The third-order valence-electron chi connectivity index (χ3n) is 4.44. The first-order valence-corrected chi connectivity index (χ1v) is 8.91. The van der Waals surface area contributed by atoms with Crippen LogP contribution < -0.4 is 14.2 Å². The Bertz CT molecular complexity index is 830. The molecular weight excluding hydrogens is 377 g/mol. The van der Waals surface area contributed by atoms with Crippen LogP contribution in [0.3, 0.4) is 0 Å². The quantitative estimate of drug-likeness (QED) is 0.634. The third-order valence-corrected chi connectivity index (χ3v) is 5.09. The summed E-state index contributed by atoms with van der Waals surface area (Å²) in [7, 11) is 4.61. The maximum Gasteiger partial charge on any atom is 0.204 e. The second-order valence-corrected chi connectivity index (χ2v) is 6.88. The summed E-state index contributed by atoms with van der Waals surface area (Å²) >= 11 is 12.3. The predicted octanol–water partition coefficient (Wildman–Crippen LogP) is 4.72. The van der Waals surface area contributed by atoms with Gasteiger partial charge in [0.15, 0.2) is 17.3 Å². The number of ketones is 1. The Kier molecular flexibility index (Phi) is 5.58. The van der Waals surface area contributed by atoms with Gasteiger partial charge in [-0.05, 0) is 24.8 Å². The van der Waals surface area contributed by atoms with Crippen LogP contribution in [-0.2, 0) is 6.42 Å². The van der Waals surface area contributed by atoms with Crippen molar-refractivity contribution in [2.24, 2.45) is 0 Å². The first kappa shape index (κ1) is 18.8. The molecular formula is C19H19Cl2NO4. The van der Waals surface area contributed by atoms with E-state index in [0.717, 1.165) is 18.4 Å². The number of carbonyl (C=O) groups excluding carboxylic acids is 1. The molecule has 0 N–H and O–H groups in total. The summed E-state index contributed by atoms with van der Waals surface area (Å²) < 4.78 is 16.5. The maximum absolute atomic E-state index is 13.0. The normalized spacial score (nSPS) is 13.4. The zero-order chi connectivity index (χ0) is 18.8. The molecule has 0 radical (unpaired) electrons. The lowest BCUT2D eigenvalue weighted by Crippen LogP contribution is -2.10. The van der Waals surface area contributed by atoms with Gasteiger partial charge in [0.1, 0.15) is 0 Å². The number of halogens is 2. The van der Waals surface area contributed by atoms with Gasteiger partial charge in [0.05, 0.1) is 36.9 Å². The van der Waals surface area contributed by atoms with E-state index in [-0.39, 0.29) is 12.2 Å². The van der Waals surface area contributed by atoms with Crippen molar-refractivity contribution in [2.75, 3.05) is 21.3 Å². The van der Waals surface area contributed by atoms with Gasteiger partial charge in [0.2, 0.25) is 5.75 Å². The van der Waals surface area contributed by atoms with E-state index in [0.29, 0.717) is 44.3 Å². The molecule has 1 aromatic carbocycles. The minimum atomic E-state index is -0.167. The van der Waals surface area contributed by atoms with Crippen molar-refractivity contribution in [1.82, 2.24) is 4.98 Å². The van der Waals surface area contributed by atoms with Crippen LogP contribution in [0.15, 0.2) is 18.5 Å². The van der Waals surface area contributed by atoms with Crippen LogP contribution >= 0.6 is 23.2 Å². The van der Waals surface area contributed by atoms with Gasteiger partial charge >= 0.3 is 0 Å². The highest BCUT2D eigenvalue weighted by Gasteiger charge is 2.33. The van der Waals surface area contributed by atoms with E-state index in [1.54, 1.807) is 7.11 Å². The van der Waals surface area contributed by atoms with Crippen LogP contribution in [0, 0.1) is 0 Å². The Hall–Kier alpha value is -1.98. The Morgan fingerprint density at radius 1 is 1.04 bits per heavy atom. The highest BCUT2D eigenvalue weighted by atomic mass is 35.5. The standard InChI is InChI=1S/C19H19Cl2NO4/c1-24-17-11(10-4-5-10)6-13(18(25-2)19(17)26-3)16(23)7-12-14(20)8-22-9-15(12)21/h6,8-10H,4-5,7H2,1-3H3. The van der Waals surface area contributed by atoms with Gasteiger partial charge in [-0.2, -0.15) is 0 Å². The van der Waals surface area contributed by atoms with Crippen molar-refractivity contribution in [3.05, 3.63) is 45.2 Å². The first-order chi connectivity index (χ1) is 12.5. The number of Topliss-reactive ketones (excluding diaryl/α,β-unsaturated/α-hetero) is 1. The number of carbonyl (C=O) groups is 1. The molecule has 138 valence electrons.